The average Bonchev–Trinajstić information content (AvgIpc) is 3.16. The summed E-state index contributed by atoms with van der Waals surface area (Å²) in [6.07, 6.45) is 12.4. The Morgan fingerprint density at radius 1 is 0.827 bits per heavy atom. The van der Waals surface area contributed by atoms with Crippen molar-refractivity contribution in [1.29, 1.82) is 0 Å². The van der Waals surface area contributed by atoms with Gasteiger partial charge in [-0.15, -0.1) is 24.8 Å². The van der Waals surface area contributed by atoms with Crippen molar-refractivity contribution in [3.63, 3.8) is 0 Å². The van der Waals surface area contributed by atoms with Crippen molar-refractivity contribution in [2.75, 3.05) is 39.6 Å². The van der Waals surface area contributed by atoms with E-state index in [0.717, 1.165) is 80.8 Å². The number of piperidine rings is 1. The van der Waals surface area contributed by atoms with E-state index in [1.165, 1.54) is 47.9 Å². The molecule has 1 fully saturated rings. The Bertz CT molecular complexity index is 1650. The van der Waals surface area contributed by atoms with Crippen LogP contribution in [0.25, 0.3) is 0 Å². The first kappa shape index (κ1) is 41.1. The number of anilines is 1. The van der Waals surface area contributed by atoms with Crippen LogP contribution in [0.1, 0.15) is 85.6 Å². The van der Waals surface area contributed by atoms with Crippen molar-refractivity contribution in [2.24, 2.45) is 0 Å². The molecular formula is C44H57Cl2N3O3. The molecule has 280 valence electrons. The maximum absolute atomic E-state index is 12.9. The molecule has 1 amide bonds. The number of carbonyl (C=O) groups is 1. The van der Waals surface area contributed by atoms with Gasteiger partial charge < -0.3 is 20.5 Å². The first-order valence-electron chi connectivity index (χ1n) is 18.7. The Balaban J connectivity index is 0.00000302. The van der Waals surface area contributed by atoms with E-state index in [4.69, 9.17) is 15.2 Å². The van der Waals surface area contributed by atoms with Crippen molar-refractivity contribution in [1.82, 2.24) is 10.2 Å². The lowest BCUT2D eigenvalue weighted by atomic mass is 9.68. The number of likely N-dealkylation sites (tertiary alicyclic amines) is 1. The fourth-order valence-corrected chi connectivity index (χ4v) is 8.77. The Morgan fingerprint density at radius 3 is 2.15 bits per heavy atom. The van der Waals surface area contributed by atoms with E-state index in [0.29, 0.717) is 13.0 Å². The van der Waals surface area contributed by atoms with E-state index >= 15 is 0 Å². The molecule has 1 aliphatic carbocycles. The number of nitrogen functional groups attached to an aromatic ring is 1. The van der Waals surface area contributed by atoms with Gasteiger partial charge in [-0.05, 0) is 129 Å². The van der Waals surface area contributed by atoms with Crippen molar-refractivity contribution < 1.29 is 14.3 Å². The molecule has 0 bridgehead atoms. The molecule has 1 unspecified atom stereocenters. The third kappa shape index (κ3) is 9.63. The van der Waals surface area contributed by atoms with Crippen molar-refractivity contribution in [3.05, 3.63) is 125 Å². The van der Waals surface area contributed by atoms with E-state index in [9.17, 15) is 4.79 Å². The lowest BCUT2D eigenvalue weighted by molar-refractivity contribution is -0.121. The lowest BCUT2D eigenvalue weighted by Gasteiger charge is -2.50. The van der Waals surface area contributed by atoms with Crippen molar-refractivity contribution >= 4 is 36.4 Å². The van der Waals surface area contributed by atoms with E-state index in [-0.39, 0.29) is 41.7 Å². The Hall–Kier alpha value is -3.71. The first-order valence-corrected chi connectivity index (χ1v) is 18.7. The second-order valence-corrected chi connectivity index (χ2v) is 14.4. The smallest absolute Gasteiger partial charge is 0.220 e. The summed E-state index contributed by atoms with van der Waals surface area (Å²) in [5.41, 5.74) is 13.9. The molecule has 6 rings (SSSR count). The van der Waals surface area contributed by atoms with Gasteiger partial charge >= 0.3 is 0 Å². The molecule has 0 radical (unpaired) electrons. The summed E-state index contributed by atoms with van der Waals surface area (Å²) < 4.78 is 10.8. The number of methoxy groups -OCH3 is 2. The molecule has 0 saturated carbocycles. The van der Waals surface area contributed by atoms with Gasteiger partial charge in [-0.3, -0.25) is 9.69 Å². The third-order valence-electron chi connectivity index (χ3n) is 11.5. The zero-order chi connectivity index (χ0) is 34.8. The van der Waals surface area contributed by atoms with Crippen LogP contribution in [0.4, 0.5) is 5.69 Å². The predicted molar refractivity (Wildman–Crippen MR) is 219 cm³/mol. The highest BCUT2D eigenvalue weighted by atomic mass is 35.5. The molecule has 1 aliphatic heterocycles. The summed E-state index contributed by atoms with van der Waals surface area (Å²) in [7, 11) is 3.38. The number of carbonyl (C=O) groups excluding carboxylic acids is 1. The highest BCUT2D eigenvalue weighted by Gasteiger charge is 2.42. The average molecular weight is 747 g/mol. The summed E-state index contributed by atoms with van der Waals surface area (Å²) in [6, 6.07) is 34.5. The molecule has 0 aromatic heterocycles. The van der Waals surface area contributed by atoms with Gasteiger partial charge in [-0.25, -0.2) is 0 Å². The minimum Gasteiger partial charge on any atom is -0.497 e. The number of benzene rings is 4. The van der Waals surface area contributed by atoms with Gasteiger partial charge in [0.25, 0.3) is 0 Å². The molecule has 3 N–H and O–H groups in total. The summed E-state index contributed by atoms with van der Waals surface area (Å²) >= 11 is 0. The number of halogens is 2. The molecule has 52 heavy (non-hydrogen) atoms. The SMILES string of the molecule is COc1ccc(CCC(=O)NCCCC(CCCN2CCCCC23CCc2cc(OC)c(N)cc2C3)(c2ccccc2)c2ccccc2)cc1.Cl.Cl. The monoisotopic (exact) mass is 745 g/mol. The number of nitrogens with one attached hydrogen (secondary N) is 1. The Morgan fingerprint density at radius 2 is 1.50 bits per heavy atom. The highest BCUT2D eigenvalue weighted by Crippen LogP contribution is 2.44. The van der Waals surface area contributed by atoms with Crippen LogP contribution in [0.2, 0.25) is 0 Å². The number of amides is 1. The molecule has 4 aromatic carbocycles. The van der Waals surface area contributed by atoms with Gasteiger partial charge in [-0.2, -0.15) is 0 Å². The zero-order valence-electron chi connectivity index (χ0n) is 30.9. The largest absolute Gasteiger partial charge is 0.497 e. The predicted octanol–water partition coefficient (Wildman–Crippen LogP) is 9.14. The van der Waals surface area contributed by atoms with Crippen molar-refractivity contribution in [2.45, 2.75) is 88.0 Å². The van der Waals surface area contributed by atoms with Crippen molar-refractivity contribution in [3.8, 4) is 11.5 Å². The molecule has 6 nitrogen and oxygen atoms in total. The summed E-state index contributed by atoms with van der Waals surface area (Å²) in [4.78, 5) is 15.7. The van der Waals surface area contributed by atoms with Crippen LogP contribution in [0, 0.1) is 0 Å². The van der Waals surface area contributed by atoms with E-state index in [1.54, 1.807) is 14.2 Å². The number of rotatable bonds is 15. The lowest BCUT2D eigenvalue weighted by Crippen LogP contribution is -2.55. The van der Waals surface area contributed by atoms with Crippen LogP contribution in [-0.4, -0.2) is 50.2 Å². The minimum atomic E-state index is -0.135. The highest BCUT2D eigenvalue weighted by molar-refractivity contribution is 5.85. The quantitative estimate of drug-likeness (QED) is 0.0938. The molecular weight excluding hydrogens is 689 g/mol. The van der Waals surface area contributed by atoms with Crippen LogP contribution in [0.5, 0.6) is 11.5 Å². The van der Waals surface area contributed by atoms with Crippen LogP contribution in [0.3, 0.4) is 0 Å². The van der Waals surface area contributed by atoms with Gasteiger partial charge in [-0.1, -0.05) is 79.2 Å². The Kier molecular flexibility index (Phi) is 15.3. The number of fused-ring (bicyclic) bond motifs is 1. The second-order valence-electron chi connectivity index (χ2n) is 14.4. The number of nitrogens with zero attached hydrogens (tertiary/aromatic N) is 1. The maximum atomic E-state index is 12.9. The number of ether oxygens (including phenoxy) is 2. The summed E-state index contributed by atoms with van der Waals surface area (Å²) in [5, 5.41) is 3.23. The normalized spacial score (nSPS) is 17.0. The minimum absolute atomic E-state index is 0. The van der Waals surface area contributed by atoms with Gasteiger partial charge in [0.2, 0.25) is 5.91 Å². The number of aryl methyl sites for hydroxylation is 2. The van der Waals surface area contributed by atoms with E-state index in [2.05, 4.69) is 83.0 Å². The molecule has 4 aromatic rings. The molecule has 2 aliphatic rings. The van der Waals surface area contributed by atoms with Gasteiger partial charge in [0.1, 0.15) is 11.5 Å². The fourth-order valence-electron chi connectivity index (χ4n) is 8.77. The molecule has 8 heteroatoms. The molecule has 1 saturated heterocycles. The fraction of sp³-hybridized carbons (Fsp3) is 0.432. The first-order chi connectivity index (χ1) is 24.4. The standard InChI is InChI=1S/C44H55N3O3.2ClH/c1-49-39-20-17-34(18-21-39)19-22-42(48)46-28-11-25-44(37-13-5-3-6-14-37,38-15-7-4-8-16-38)26-12-30-47-29-10-9-24-43(47)27-23-35-32-41(50-2)40(45)31-36(35)33-43;;/h3-8,13-18,20-21,31-32H,9-12,19,22-30,33,45H2,1-2H3,(H,46,48);2*1H. The van der Waals surface area contributed by atoms with Gasteiger partial charge in [0.05, 0.1) is 19.9 Å². The second kappa shape index (κ2) is 19.4. The zero-order valence-corrected chi connectivity index (χ0v) is 32.5. The molecule has 1 heterocycles. The molecule has 1 atom stereocenters. The van der Waals surface area contributed by atoms with Crippen LogP contribution < -0.4 is 20.5 Å². The molecule has 1 spiro atoms. The summed E-state index contributed by atoms with van der Waals surface area (Å²) in [5.74, 6) is 1.74. The topological polar surface area (TPSA) is 76.8 Å². The van der Waals surface area contributed by atoms with Gasteiger partial charge in [0, 0.05) is 23.9 Å². The maximum Gasteiger partial charge on any atom is 0.220 e. The van der Waals surface area contributed by atoms with Crippen LogP contribution >= 0.6 is 24.8 Å². The van der Waals surface area contributed by atoms with Gasteiger partial charge in [0.15, 0.2) is 0 Å². The number of hydrogen-bond acceptors (Lipinski definition) is 5. The number of hydrogen-bond donors (Lipinski definition) is 2. The third-order valence-corrected chi connectivity index (χ3v) is 11.5. The number of nitrogens with two attached hydrogens (primary N) is 1. The Labute approximate surface area is 323 Å². The van der Waals surface area contributed by atoms with Crippen LogP contribution in [0.15, 0.2) is 97.1 Å². The van der Waals surface area contributed by atoms with E-state index in [1.807, 2.05) is 24.3 Å². The van der Waals surface area contributed by atoms with Crippen LogP contribution in [-0.2, 0) is 29.5 Å². The van der Waals surface area contributed by atoms with E-state index < -0.39 is 0 Å². The summed E-state index contributed by atoms with van der Waals surface area (Å²) in [6.45, 7) is 2.92.